The molecule has 2 aromatic rings. The lowest BCUT2D eigenvalue weighted by atomic mass is 9.95. The molecule has 0 aliphatic carbocycles. The van der Waals surface area contributed by atoms with Crippen LogP contribution in [0.25, 0.3) is 10.9 Å². The highest BCUT2D eigenvalue weighted by Crippen LogP contribution is 2.34. The molecular weight excluding hydrogens is 222 g/mol. The van der Waals surface area contributed by atoms with Crippen molar-refractivity contribution in [3.8, 4) is 5.75 Å². The summed E-state index contributed by atoms with van der Waals surface area (Å²) in [6.07, 6.45) is 2.09. The van der Waals surface area contributed by atoms with Crippen LogP contribution >= 0.6 is 0 Å². The van der Waals surface area contributed by atoms with Gasteiger partial charge in [0.2, 0.25) is 5.52 Å². The van der Waals surface area contributed by atoms with Crippen LogP contribution in [0.5, 0.6) is 5.75 Å². The second kappa shape index (κ2) is 4.60. The molecule has 1 heterocycles. The van der Waals surface area contributed by atoms with Gasteiger partial charge in [-0.3, -0.25) is 0 Å². The van der Waals surface area contributed by atoms with Crippen LogP contribution in [0, 0.1) is 6.92 Å². The lowest BCUT2D eigenvalue weighted by Crippen LogP contribution is -2.37. The molecule has 0 unspecified atom stereocenters. The van der Waals surface area contributed by atoms with Gasteiger partial charge in [-0.1, -0.05) is 13.8 Å². The largest absolute Gasteiger partial charge is 0.507 e. The molecule has 0 saturated carbocycles. The second-order valence-corrected chi connectivity index (χ2v) is 5.56. The molecule has 0 amide bonds. The molecule has 18 heavy (non-hydrogen) atoms. The number of fused-ring (bicyclic) bond motifs is 1. The number of aromatic nitrogens is 1. The Hall–Kier alpha value is -1.57. The molecule has 0 atom stereocenters. The number of hydrogen-bond acceptors (Lipinski definition) is 1. The van der Waals surface area contributed by atoms with E-state index in [1.165, 1.54) is 5.39 Å². The first-order valence-corrected chi connectivity index (χ1v) is 6.59. The molecule has 0 fully saturated rings. The van der Waals surface area contributed by atoms with E-state index in [1.807, 2.05) is 6.92 Å². The maximum absolute atomic E-state index is 10.4. The summed E-state index contributed by atoms with van der Waals surface area (Å²) in [5, 5.41) is 11.6. The zero-order chi connectivity index (χ0) is 13.4. The Labute approximate surface area is 109 Å². The minimum atomic E-state index is 0.305. The summed E-state index contributed by atoms with van der Waals surface area (Å²) < 4.78 is 2.24. The normalized spacial score (nSPS) is 11.7. The maximum Gasteiger partial charge on any atom is 0.219 e. The molecule has 0 aliphatic rings. The van der Waals surface area contributed by atoms with Crippen molar-refractivity contribution in [3.05, 3.63) is 35.5 Å². The number of phenols is 1. The molecule has 0 saturated heterocycles. The summed E-state index contributed by atoms with van der Waals surface area (Å²) in [5.41, 5.74) is 3.16. The van der Waals surface area contributed by atoms with Gasteiger partial charge in [0.15, 0.2) is 12.2 Å². The molecule has 2 heteroatoms. The minimum Gasteiger partial charge on any atom is -0.507 e. The molecule has 0 aliphatic heterocycles. The van der Waals surface area contributed by atoms with Gasteiger partial charge in [0.25, 0.3) is 0 Å². The zero-order valence-electron chi connectivity index (χ0n) is 11.9. The first-order valence-electron chi connectivity index (χ1n) is 6.59. The van der Waals surface area contributed by atoms with Crippen molar-refractivity contribution in [3.63, 3.8) is 0 Å². The number of benzene rings is 1. The van der Waals surface area contributed by atoms with Gasteiger partial charge in [-0.05, 0) is 44.4 Å². The van der Waals surface area contributed by atoms with Crippen LogP contribution in [0.2, 0.25) is 0 Å². The predicted molar refractivity (Wildman–Crippen MR) is 75.0 cm³/mol. The Kier molecular flexibility index (Phi) is 3.29. The molecule has 2 rings (SSSR count). The van der Waals surface area contributed by atoms with Gasteiger partial charge in [-0.15, -0.1) is 0 Å². The Morgan fingerprint density at radius 2 is 1.83 bits per heavy atom. The zero-order valence-corrected chi connectivity index (χ0v) is 11.9. The Morgan fingerprint density at radius 1 is 1.17 bits per heavy atom. The van der Waals surface area contributed by atoms with Gasteiger partial charge in [-0.2, -0.15) is 4.57 Å². The number of hydrogen-bond donors (Lipinski definition) is 1. The summed E-state index contributed by atoms with van der Waals surface area (Å²) in [5.74, 6) is 0.748. The molecule has 1 aromatic carbocycles. The van der Waals surface area contributed by atoms with Crippen LogP contribution in [-0.4, -0.2) is 5.11 Å². The molecule has 0 spiro atoms. The highest BCUT2D eigenvalue weighted by Gasteiger charge is 2.22. The van der Waals surface area contributed by atoms with Crippen LogP contribution in [0.1, 0.15) is 50.8 Å². The van der Waals surface area contributed by atoms with Gasteiger partial charge in [0.1, 0.15) is 5.75 Å². The van der Waals surface area contributed by atoms with E-state index in [-0.39, 0.29) is 0 Å². The Bertz CT molecular complexity index is 585. The smallest absolute Gasteiger partial charge is 0.219 e. The first kappa shape index (κ1) is 12.9. The number of pyridine rings is 1. The fraction of sp³-hybridized carbons (Fsp3) is 0.438. The molecular formula is C16H22NO+. The van der Waals surface area contributed by atoms with Crippen molar-refractivity contribution in [1.29, 1.82) is 0 Å². The van der Waals surface area contributed by atoms with Crippen molar-refractivity contribution in [1.82, 2.24) is 0 Å². The third kappa shape index (κ3) is 1.96. The van der Waals surface area contributed by atoms with Crippen LogP contribution in [0.4, 0.5) is 0 Å². The van der Waals surface area contributed by atoms with Crippen LogP contribution in [0.3, 0.4) is 0 Å². The highest BCUT2D eigenvalue weighted by atomic mass is 16.3. The summed E-state index contributed by atoms with van der Waals surface area (Å²) in [6, 6.07) is 6.64. The van der Waals surface area contributed by atoms with Gasteiger partial charge in [-0.25, -0.2) is 0 Å². The summed E-state index contributed by atoms with van der Waals surface area (Å²) in [6.45, 7) is 10.6. The number of nitrogens with zero attached hydrogens (tertiary/aromatic N) is 1. The van der Waals surface area contributed by atoms with E-state index < -0.39 is 0 Å². The van der Waals surface area contributed by atoms with E-state index in [0.29, 0.717) is 17.7 Å². The lowest BCUT2D eigenvalue weighted by Gasteiger charge is -2.14. The van der Waals surface area contributed by atoms with Crippen LogP contribution < -0.4 is 4.57 Å². The Balaban J connectivity index is 2.95. The summed E-state index contributed by atoms with van der Waals surface area (Å²) in [4.78, 5) is 0. The van der Waals surface area contributed by atoms with E-state index in [0.717, 1.165) is 16.6 Å². The number of rotatable bonds is 2. The molecule has 1 N–H and O–H groups in total. The third-order valence-corrected chi connectivity index (χ3v) is 3.44. The van der Waals surface area contributed by atoms with E-state index in [9.17, 15) is 5.11 Å². The van der Waals surface area contributed by atoms with Gasteiger partial charge in [0.05, 0.1) is 5.56 Å². The number of aromatic hydroxyl groups is 1. The fourth-order valence-electron chi connectivity index (χ4n) is 2.56. The standard InChI is InChI=1S/C16H21NO/c1-10(2)14-15-13(9-12(5)16(14)18)7-6-8-17(15)11(3)4/h6-11H,1-5H3/p+1. The highest BCUT2D eigenvalue weighted by molar-refractivity contribution is 5.83. The van der Waals surface area contributed by atoms with Crippen LogP contribution in [-0.2, 0) is 0 Å². The first-order chi connectivity index (χ1) is 8.43. The van der Waals surface area contributed by atoms with Crippen molar-refractivity contribution < 1.29 is 9.67 Å². The van der Waals surface area contributed by atoms with Crippen molar-refractivity contribution in [2.75, 3.05) is 0 Å². The quantitative estimate of drug-likeness (QED) is 0.797. The van der Waals surface area contributed by atoms with Crippen molar-refractivity contribution in [2.24, 2.45) is 0 Å². The SMILES string of the molecule is Cc1cc2ccc[n+](C(C)C)c2c(C(C)C)c1O. The Morgan fingerprint density at radius 3 is 2.39 bits per heavy atom. The van der Waals surface area contributed by atoms with Crippen molar-refractivity contribution >= 4 is 10.9 Å². The van der Waals surface area contributed by atoms with Gasteiger partial charge < -0.3 is 5.11 Å². The van der Waals surface area contributed by atoms with Crippen LogP contribution in [0.15, 0.2) is 24.4 Å². The average molecular weight is 244 g/mol. The fourth-order valence-corrected chi connectivity index (χ4v) is 2.56. The number of phenolic OH excluding ortho intramolecular Hbond substituents is 1. The third-order valence-electron chi connectivity index (χ3n) is 3.44. The van der Waals surface area contributed by atoms with Gasteiger partial charge in [0, 0.05) is 11.5 Å². The van der Waals surface area contributed by atoms with E-state index >= 15 is 0 Å². The van der Waals surface area contributed by atoms with E-state index in [2.05, 4.69) is 56.7 Å². The van der Waals surface area contributed by atoms with E-state index in [1.54, 1.807) is 0 Å². The molecule has 96 valence electrons. The minimum absolute atomic E-state index is 0.305. The molecule has 0 radical (unpaired) electrons. The lowest BCUT2D eigenvalue weighted by molar-refractivity contribution is -0.691. The average Bonchev–Trinajstić information content (AvgIpc) is 2.29. The van der Waals surface area contributed by atoms with E-state index in [4.69, 9.17) is 0 Å². The topological polar surface area (TPSA) is 24.1 Å². The molecule has 2 nitrogen and oxygen atoms in total. The molecule has 0 bridgehead atoms. The second-order valence-electron chi connectivity index (χ2n) is 5.56. The van der Waals surface area contributed by atoms with Gasteiger partial charge >= 0.3 is 0 Å². The maximum atomic E-state index is 10.4. The predicted octanol–water partition coefficient (Wildman–Crippen LogP) is 3.85. The summed E-state index contributed by atoms with van der Waals surface area (Å²) >= 11 is 0. The summed E-state index contributed by atoms with van der Waals surface area (Å²) in [7, 11) is 0. The molecule has 1 aromatic heterocycles. The number of aryl methyl sites for hydroxylation is 1. The monoisotopic (exact) mass is 244 g/mol. The van der Waals surface area contributed by atoms with Crippen molar-refractivity contribution in [2.45, 2.75) is 46.6 Å².